The predicted octanol–water partition coefficient (Wildman–Crippen LogP) is 11.7. The van der Waals surface area contributed by atoms with Gasteiger partial charge in [0.2, 0.25) is 0 Å². The molecule has 0 aromatic heterocycles. The van der Waals surface area contributed by atoms with Gasteiger partial charge in [-0.25, -0.2) is 4.79 Å². The van der Waals surface area contributed by atoms with Crippen LogP contribution in [0.5, 0.6) is 0 Å². The molecule has 0 aliphatic heterocycles. The summed E-state index contributed by atoms with van der Waals surface area (Å²) in [6.45, 7) is 14.2. The summed E-state index contributed by atoms with van der Waals surface area (Å²) in [7, 11) is 0. The second-order valence-electron chi connectivity index (χ2n) is 12.1. The van der Waals surface area contributed by atoms with E-state index in [1.165, 1.54) is 108 Å². The first-order valence-corrected chi connectivity index (χ1v) is 16.2. The normalized spacial score (nSPS) is 14.3. The van der Waals surface area contributed by atoms with E-state index in [1.54, 1.807) is 6.08 Å². The number of hydrogen-bond acceptors (Lipinski definition) is 2. The van der Waals surface area contributed by atoms with Gasteiger partial charge in [0.05, 0.1) is 0 Å². The molecule has 0 spiro atoms. The van der Waals surface area contributed by atoms with Gasteiger partial charge >= 0.3 is 5.97 Å². The van der Waals surface area contributed by atoms with Crippen LogP contribution in [0.15, 0.2) is 48.1 Å². The molecule has 0 N–H and O–H groups in total. The van der Waals surface area contributed by atoms with Gasteiger partial charge in [0.15, 0.2) is 0 Å². The maximum atomic E-state index is 11.9. The third kappa shape index (κ3) is 27.5. The van der Waals surface area contributed by atoms with Crippen molar-refractivity contribution in [2.45, 2.75) is 151 Å². The van der Waals surface area contributed by atoms with Crippen molar-refractivity contribution in [2.24, 2.45) is 17.8 Å². The first-order valence-electron chi connectivity index (χ1n) is 16.2. The molecule has 0 heterocycles. The first-order chi connectivity index (χ1) is 18.3. The van der Waals surface area contributed by atoms with Crippen LogP contribution in [0.3, 0.4) is 0 Å². The molecule has 0 amide bonds. The summed E-state index contributed by atoms with van der Waals surface area (Å²) in [5.41, 5.74) is 1.32. The molecular weight excluding hydrogens is 464 g/mol. The fourth-order valence-electron chi connectivity index (χ4n) is 4.78. The van der Waals surface area contributed by atoms with Gasteiger partial charge in [0, 0.05) is 6.08 Å². The van der Waals surface area contributed by atoms with Gasteiger partial charge < -0.3 is 4.74 Å². The maximum absolute atomic E-state index is 11.9. The van der Waals surface area contributed by atoms with Crippen molar-refractivity contribution in [3.05, 3.63) is 48.1 Å². The van der Waals surface area contributed by atoms with Crippen molar-refractivity contribution in [1.29, 1.82) is 0 Å². The average Bonchev–Trinajstić information content (AvgIpc) is 2.86. The van der Waals surface area contributed by atoms with Crippen LogP contribution in [0, 0.1) is 17.8 Å². The molecule has 2 nitrogen and oxygen atoms in total. The molecule has 0 saturated carbocycles. The average molecular weight is 529 g/mol. The van der Waals surface area contributed by atoms with Crippen LogP contribution in [0.4, 0.5) is 0 Å². The lowest BCUT2D eigenvalue weighted by Crippen LogP contribution is -2.01. The summed E-state index contributed by atoms with van der Waals surface area (Å²) in [4.78, 5) is 11.9. The molecule has 220 valence electrons. The molecule has 0 aliphatic carbocycles. The highest BCUT2D eigenvalue weighted by atomic mass is 16.5. The second-order valence-corrected chi connectivity index (χ2v) is 12.1. The van der Waals surface area contributed by atoms with Crippen molar-refractivity contribution < 1.29 is 9.53 Å². The van der Waals surface area contributed by atoms with Crippen molar-refractivity contribution >= 4 is 5.97 Å². The van der Waals surface area contributed by atoms with Crippen molar-refractivity contribution in [1.82, 2.24) is 0 Å². The molecule has 2 heteroatoms. The Kier molecular flexibility index (Phi) is 25.9. The second kappa shape index (κ2) is 27.0. The van der Waals surface area contributed by atoms with E-state index in [9.17, 15) is 4.79 Å². The highest BCUT2D eigenvalue weighted by molar-refractivity contribution is 5.82. The van der Waals surface area contributed by atoms with Gasteiger partial charge in [-0.15, -0.1) is 0 Å². The lowest BCUT2D eigenvalue weighted by molar-refractivity contribution is -0.136. The summed E-state index contributed by atoms with van der Waals surface area (Å²) in [6.07, 6.45) is 35.8. The van der Waals surface area contributed by atoms with Gasteiger partial charge in [-0.1, -0.05) is 154 Å². The Labute approximate surface area is 238 Å². The summed E-state index contributed by atoms with van der Waals surface area (Å²) >= 11 is 0. The van der Waals surface area contributed by atoms with Crippen LogP contribution >= 0.6 is 0 Å². The maximum Gasteiger partial charge on any atom is 0.331 e. The van der Waals surface area contributed by atoms with Crippen LogP contribution in [0.1, 0.15) is 151 Å². The zero-order chi connectivity index (χ0) is 28.3. The van der Waals surface area contributed by atoms with Crippen molar-refractivity contribution in [2.75, 3.05) is 6.61 Å². The topological polar surface area (TPSA) is 26.3 Å². The third-order valence-corrected chi connectivity index (χ3v) is 7.47. The van der Waals surface area contributed by atoms with Gasteiger partial charge in [0.1, 0.15) is 6.61 Å². The SMILES string of the molecule is CCCCCCCCCC=CC=CC=CC(=O)OCC=C(C)CCCC(C)CCCC(C)CCCC(C)C. The van der Waals surface area contributed by atoms with Gasteiger partial charge in [-0.3, -0.25) is 0 Å². The number of unbranched alkanes of at least 4 members (excludes halogenated alkanes) is 7. The van der Waals surface area contributed by atoms with Crippen LogP contribution in [-0.4, -0.2) is 12.6 Å². The highest BCUT2D eigenvalue weighted by Crippen LogP contribution is 2.22. The Hall–Kier alpha value is -1.57. The zero-order valence-corrected chi connectivity index (χ0v) is 26.3. The number of carbonyl (C=O) groups excluding carboxylic acids is 1. The zero-order valence-electron chi connectivity index (χ0n) is 26.3. The number of allylic oxidation sites excluding steroid dienone is 6. The summed E-state index contributed by atoms with van der Waals surface area (Å²) in [6, 6.07) is 0. The minimum atomic E-state index is -0.280. The van der Waals surface area contributed by atoms with E-state index < -0.39 is 0 Å². The van der Waals surface area contributed by atoms with E-state index in [0.717, 1.165) is 30.6 Å². The van der Waals surface area contributed by atoms with Gasteiger partial charge in [-0.05, 0) is 56.4 Å². The summed E-state index contributed by atoms with van der Waals surface area (Å²) in [5, 5.41) is 0. The molecule has 0 rings (SSSR count). The Balaban J connectivity index is 3.78. The van der Waals surface area contributed by atoms with Crippen molar-refractivity contribution in [3.63, 3.8) is 0 Å². The molecule has 2 unspecified atom stereocenters. The fraction of sp³-hybridized carbons (Fsp3) is 0.750. The molecule has 0 fully saturated rings. The molecule has 0 saturated heterocycles. The standard InChI is InChI=1S/C36H64O2/c1-7-8-9-10-11-12-13-14-15-16-17-18-19-29-36(37)38-31-30-35(6)28-22-27-34(5)26-21-25-33(4)24-20-23-32(2)3/h15-19,29-30,32-34H,7-14,20-28,31H2,1-6H3. The fourth-order valence-corrected chi connectivity index (χ4v) is 4.78. The van der Waals surface area contributed by atoms with E-state index in [2.05, 4.69) is 59.8 Å². The lowest BCUT2D eigenvalue weighted by Gasteiger charge is -2.15. The minimum absolute atomic E-state index is 0.280. The number of carbonyl (C=O) groups is 1. The minimum Gasteiger partial charge on any atom is -0.458 e. The smallest absolute Gasteiger partial charge is 0.331 e. The molecule has 0 aromatic rings. The summed E-state index contributed by atoms with van der Waals surface area (Å²) in [5.74, 6) is 2.24. The van der Waals surface area contributed by atoms with Crippen LogP contribution in [0.2, 0.25) is 0 Å². The van der Waals surface area contributed by atoms with E-state index in [4.69, 9.17) is 4.74 Å². The Morgan fingerprint density at radius 2 is 1.26 bits per heavy atom. The lowest BCUT2D eigenvalue weighted by atomic mass is 9.91. The number of rotatable bonds is 25. The monoisotopic (exact) mass is 528 g/mol. The molecule has 0 radical (unpaired) electrons. The predicted molar refractivity (Wildman–Crippen MR) is 169 cm³/mol. The van der Waals surface area contributed by atoms with Crippen LogP contribution in [-0.2, 0) is 9.53 Å². The summed E-state index contributed by atoms with van der Waals surface area (Å²) < 4.78 is 5.31. The number of ether oxygens (including phenoxy) is 1. The largest absolute Gasteiger partial charge is 0.458 e. The molecule has 0 aromatic carbocycles. The molecule has 2 atom stereocenters. The van der Waals surface area contributed by atoms with E-state index in [-0.39, 0.29) is 5.97 Å². The quantitative estimate of drug-likeness (QED) is 0.0387. The van der Waals surface area contributed by atoms with Gasteiger partial charge in [0.25, 0.3) is 0 Å². The first kappa shape index (κ1) is 36.4. The van der Waals surface area contributed by atoms with Gasteiger partial charge in [-0.2, -0.15) is 0 Å². The molecular formula is C36H64O2. The molecule has 38 heavy (non-hydrogen) atoms. The molecule has 0 bridgehead atoms. The van der Waals surface area contributed by atoms with E-state index in [0.29, 0.717) is 6.61 Å². The third-order valence-electron chi connectivity index (χ3n) is 7.47. The van der Waals surface area contributed by atoms with Crippen LogP contribution in [0.25, 0.3) is 0 Å². The number of esters is 1. The highest BCUT2D eigenvalue weighted by Gasteiger charge is 2.07. The van der Waals surface area contributed by atoms with Crippen LogP contribution < -0.4 is 0 Å². The van der Waals surface area contributed by atoms with Crippen molar-refractivity contribution in [3.8, 4) is 0 Å². The Morgan fingerprint density at radius 1 is 0.684 bits per heavy atom. The molecule has 0 aliphatic rings. The van der Waals surface area contributed by atoms with E-state index in [1.807, 2.05) is 12.2 Å². The van der Waals surface area contributed by atoms with E-state index >= 15 is 0 Å². The Bertz CT molecular complexity index is 652. The number of hydrogen-bond donors (Lipinski definition) is 0. The Morgan fingerprint density at radius 3 is 1.92 bits per heavy atom.